The van der Waals surface area contributed by atoms with Crippen LogP contribution in [0, 0.1) is 23.7 Å². The van der Waals surface area contributed by atoms with Crippen LogP contribution in [0.2, 0.25) is 0 Å². The standard InChI is InChI=1S/C15H24N2O2/c1-8(2)13-14(18)16-12(10-4-5-10)15(19)17(13)7-11-6-9(11)3/h8-13H,4-7H2,1-3H3,(H,16,18). The molecule has 0 spiro atoms. The van der Waals surface area contributed by atoms with Gasteiger partial charge in [0, 0.05) is 6.54 Å². The number of amides is 2. The van der Waals surface area contributed by atoms with E-state index < -0.39 is 0 Å². The van der Waals surface area contributed by atoms with Crippen LogP contribution in [0.25, 0.3) is 0 Å². The molecule has 106 valence electrons. The van der Waals surface area contributed by atoms with Crippen molar-refractivity contribution < 1.29 is 9.59 Å². The number of hydrogen-bond acceptors (Lipinski definition) is 2. The third-order valence-electron chi connectivity index (χ3n) is 4.88. The minimum absolute atomic E-state index is 0.0554. The van der Waals surface area contributed by atoms with Crippen LogP contribution in [0.3, 0.4) is 0 Å². The van der Waals surface area contributed by atoms with E-state index in [9.17, 15) is 9.59 Å². The molecule has 0 aromatic rings. The maximum atomic E-state index is 12.6. The quantitative estimate of drug-likeness (QED) is 0.834. The van der Waals surface area contributed by atoms with Gasteiger partial charge in [-0.05, 0) is 42.9 Å². The minimum Gasteiger partial charge on any atom is -0.342 e. The molecular weight excluding hydrogens is 240 g/mol. The smallest absolute Gasteiger partial charge is 0.246 e. The Morgan fingerprint density at radius 1 is 1.32 bits per heavy atom. The second-order valence-corrected chi connectivity index (χ2v) is 6.98. The van der Waals surface area contributed by atoms with Crippen molar-refractivity contribution in [2.75, 3.05) is 6.54 Å². The van der Waals surface area contributed by atoms with Crippen LogP contribution in [0.15, 0.2) is 0 Å². The van der Waals surface area contributed by atoms with Gasteiger partial charge in [-0.3, -0.25) is 9.59 Å². The van der Waals surface area contributed by atoms with Crippen LogP contribution in [-0.4, -0.2) is 35.3 Å². The molecule has 3 aliphatic rings. The molecule has 0 bridgehead atoms. The van der Waals surface area contributed by atoms with E-state index in [0.717, 1.165) is 19.4 Å². The molecular formula is C15H24N2O2. The van der Waals surface area contributed by atoms with Crippen LogP contribution >= 0.6 is 0 Å². The van der Waals surface area contributed by atoms with E-state index in [0.29, 0.717) is 17.8 Å². The monoisotopic (exact) mass is 264 g/mol. The molecule has 0 radical (unpaired) electrons. The highest BCUT2D eigenvalue weighted by Gasteiger charge is 2.49. The largest absolute Gasteiger partial charge is 0.342 e. The Bertz CT molecular complexity index is 403. The third-order valence-corrected chi connectivity index (χ3v) is 4.88. The Kier molecular flexibility index (Phi) is 3.06. The van der Waals surface area contributed by atoms with Crippen LogP contribution in [0.4, 0.5) is 0 Å². The molecule has 2 aliphatic carbocycles. The van der Waals surface area contributed by atoms with Crippen molar-refractivity contribution >= 4 is 11.8 Å². The van der Waals surface area contributed by atoms with Crippen molar-refractivity contribution in [3.8, 4) is 0 Å². The molecule has 2 saturated carbocycles. The van der Waals surface area contributed by atoms with Gasteiger partial charge in [-0.1, -0.05) is 20.8 Å². The molecule has 1 heterocycles. The molecule has 1 N–H and O–H groups in total. The SMILES string of the molecule is CC(C)C1C(=O)NC(C2CC2)C(=O)N1CC1CC1C. The second-order valence-electron chi connectivity index (χ2n) is 6.98. The van der Waals surface area contributed by atoms with E-state index in [2.05, 4.69) is 12.2 Å². The summed E-state index contributed by atoms with van der Waals surface area (Å²) in [6.07, 6.45) is 3.36. The van der Waals surface area contributed by atoms with Gasteiger partial charge in [0.1, 0.15) is 12.1 Å². The van der Waals surface area contributed by atoms with E-state index >= 15 is 0 Å². The van der Waals surface area contributed by atoms with E-state index in [1.54, 1.807) is 0 Å². The number of carbonyl (C=O) groups is 2. The van der Waals surface area contributed by atoms with E-state index in [-0.39, 0.29) is 29.8 Å². The number of rotatable bonds is 4. The highest BCUT2D eigenvalue weighted by atomic mass is 16.2. The highest BCUT2D eigenvalue weighted by Crippen LogP contribution is 2.41. The molecule has 4 atom stereocenters. The molecule has 4 unspecified atom stereocenters. The summed E-state index contributed by atoms with van der Waals surface area (Å²) in [5.41, 5.74) is 0. The third kappa shape index (κ3) is 2.37. The predicted molar refractivity (Wildman–Crippen MR) is 72.3 cm³/mol. The summed E-state index contributed by atoms with van der Waals surface area (Å²) in [5, 5.41) is 2.96. The first-order valence-electron chi connectivity index (χ1n) is 7.60. The fraction of sp³-hybridized carbons (Fsp3) is 0.867. The molecule has 2 amide bonds. The van der Waals surface area contributed by atoms with Crippen molar-refractivity contribution in [3.05, 3.63) is 0 Å². The van der Waals surface area contributed by atoms with Gasteiger partial charge in [-0.2, -0.15) is 0 Å². The van der Waals surface area contributed by atoms with Crippen LogP contribution < -0.4 is 5.32 Å². The van der Waals surface area contributed by atoms with E-state index in [1.807, 2.05) is 18.7 Å². The first kappa shape index (κ1) is 12.9. The van der Waals surface area contributed by atoms with Gasteiger partial charge in [0.15, 0.2) is 0 Å². The van der Waals surface area contributed by atoms with E-state index in [4.69, 9.17) is 0 Å². The molecule has 4 nitrogen and oxygen atoms in total. The number of nitrogens with zero attached hydrogens (tertiary/aromatic N) is 1. The number of hydrogen-bond donors (Lipinski definition) is 1. The summed E-state index contributed by atoms with van der Waals surface area (Å²) >= 11 is 0. The number of nitrogens with one attached hydrogen (secondary N) is 1. The molecule has 19 heavy (non-hydrogen) atoms. The highest BCUT2D eigenvalue weighted by molar-refractivity contribution is 5.97. The first-order chi connectivity index (χ1) is 8.99. The van der Waals surface area contributed by atoms with Crippen molar-refractivity contribution in [1.82, 2.24) is 10.2 Å². The summed E-state index contributed by atoms with van der Waals surface area (Å²) in [7, 11) is 0. The fourth-order valence-corrected chi connectivity index (χ4v) is 3.28. The second kappa shape index (κ2) is 4.50. The molecule has 1 aliphatic heterocycles. The molecule has 0 aromatic heterocycles. The van der Waals surface area contributed by atoms with E-state index in [1.165, 1.54) is 6.42 Å². The van der Waals surface area contributed by atoms with Gasteiger partial charge in [-0.25, -0.2) is 0 Å². The van der Waals surface area contributed by atoms with Crippen molar-refractivity contribution in [2.45, 2.75) is 52.1 Å². The lowest BCUT2D eigenvalue weighted by molar-refractivity contribution is -0.152. The Hall–Kier alpha value is -1.06. The normalized spacial score (nSPS) is 38.6. The van der Waals surface area contributed by atoms with Crippen LogP contribution in [0.1, 0.15) is 40.0 Å². The molecule has 0 aromatic carbocycles. The van der Waals surface area contributed by atoms with Crippen molar-refractivity contribution in [3.63, 3.8) is 0 Å². The zero-order chi connectivity index (χ0) is 13.7. The van der Waals surface area contributed by atoms with Crippen LogP contribution in [-0.2, 0) is 9.59 Å². The van der Waals surface area contributed by atoms with Gasteiger partial charge in [0.2, 0.25) is 11.8 Å². The predicted octanol–water partition coefficient (Wildman–Crippen LogP) is 1.40. The average Bonchev–Trinajstić information content (AvgIpc) is 3.21. The van der Waals surface area contributed by atoms with Crippen molar-refractivity contribution in [2.24, 2.45) is 23.7 Å². The minimum atomic E-state index is -0.268. The summed E-state index contributed by atoms with van der Waals surface area (Å²) in [6.45, 7) is 7.05. The first-order valence-corrected chi connectivity index (χ1v) is 7.60. The summed E-state index contributed by atoms with van der Waals surface area (Å²) in [5.74, 6) is 2.11. The summed E-state index contributed by atoms with van der Waals surface area (Å²) in [6, 6.07) is -0.508. The molecule has 4 heteroatoms. The Balaban J connectivity index is 1.79. The zero-order valence-electron chi connectivity index (χ0n) is 12.1. The number of piperazine rings is 1. The molecule has 3 rings (SSSR count). The van der Waals surface area contributed by atoms with Gasteiger partial charge in [-0.15, -0.1) is 0 Å². The average molecular weight is 264 g/mol. The lowest BCUT2D eigenvalue weighted by atomic mass is 9.95. The number of carbonyl (C=O) groups excluding carboxylic acids is 2. The van der Waals surface area contributed by atoms with Gasteiger partial charge < -0.3 is 10.2 Å². The maximum absolute atomic E-state index is 12.6. The lowest BCUT2D eigenvalue weighted by Gasteiger charge is -2.41. The Labute approximate surface area is 114 Å². The summed E-state index contributed by atoms with van der Waals surface area (Å²) in [4.78, 5) is 26.9. The fourth-order valence-electron chi connectivity index (χ4n) is 3.28. The zero-order valence-corrected chi connectivity index (χ0v) is 12.1. The lowest BCUT2D eigenvalue weighted by Crippen LogP contribution is -2.65. The van der Waals surface area contributed by atoms with Gasteiger partial charge >= 0.3 is 0 Å². The van der Waals surface area contributed by atoms with Gasteiger partial charge in [0.05, 0.1) is 0 Å². The molecule has 1 saturated heterocycles. The van der Waals surface area contributed by atoms with Crippen molar-refractivity contribution in [1.29, 1.82) is 0 Å². The van der Waals surface area contributed by atoms with Gasteiger partial charge in [0.25, 0.3) is 0 Å². The Morgan fingerprint density at radius 2 is 1.95 bits per heavy atom. The summed E-state index contributed by atoms with van der Waals surface area (Å²) < 4.78 is 0. The topological polar surface area (TPSA) is 49.4 Å². The molecule has 3 fully saturated rings. The Morgan fingerprint density at radius 3 is 2.42 bits per heavy atom. The maximum Gasteiger partial charge on any atom is 0.246 e. The van der Waals surface area contributed by atoms with Crippen LogP contribution in [0.5, 0.6) is 0 Å².